The highest BCUT2D eigenvalue weighted by atomic mass is 16.5. The van der Waals surface area contributed by atoms with E-state index in [9.17, 15) is 0 Å². The van der Waals surface area contributed by atoms with Crippen molar-refractivity contribution in [2.45, 2.75) is 29.8 Å². The molecule has 4 atom stereocenters. The van der Waals surface area contributed by atoms with E-state index >= 15 is 0 Å². The van der Waals surface area contributed by atoms with E-state index in [1.54, 1.807) is 0 Å². The van der Waals surface area contributed by atoms with Crippen molar-refractivity contribution in [3.05, 3.63) is 233 Å². The molecule has 3 nitrogen and oxygen atoms in total. The summed E-state index contributed by atoms with van der Waals surface area (Å²) in [6.45, 7) is 0. The first-order valence-corrected chi connectivity index (χ1v) is 19.0. The highest BCUT2D eigenvalue weighted by Crippen LogP contribution is 2.61. The van der Waals surface area contributed by atoms with Crippen molar-refractivity contribution in [2.24, 2.45) is 0 Å². The summed E-state index contributed by atoms with van der Waals surface area (Å²) in [5.74, 6) is 0.955. The van der Waals surface area contributed by atoms with Gasteiger partial charge in [0, 0.05) is 5.56 Å². The molecular weight excluding hydrogens is 657 g/mol. The molecular formula is C51H38N2O. The summed E-state index contributed by atoms with van der Waals surface area (Å²) in [6.07, 6.45) is -0.188. The highest BCUT2D eigenvalue weighted by Gasteiger charge is 2.50. The van der Waals surface area contributed by atoms with Gasteiger partial charge in [-0.3, -0.25) is 10.6 Å². The fourth-order valence-electron chi connectivity index (χ4n) is 9.73. The third kappa shape index (κ3) is 4.62. The number of nitrogens with one attached hydrogen (secondary N) is 2. The zero-order valence-corrected chi connectivity index (χ0v) is 29.7. The molecule has 54 heavy (non-hydrogen) atoms. The lowest BCUT2D eigenvalue weighted by molar-refractivity contribution is 0.0852. The van der Waals surface area contributed by atoms with Crippen molar-refractivity contribution in [1.82, 2.24) is 10.6 Å². The van der Waals surface area contributed by atoms with Crippen LogP contribution in [0.3, 0.4) is 0 Å². The minimum Gasteiger partial charge on any atom is -0.486 e. The molecule has 8 aromatic carbocycles. The van der Waals surface area contributed by atoms with E-state index < -0.39 is 5.41 Å². The van der Waals surface area contributed by atoms with Crippen molar-refractivity contribution in [3.63, 3.8) is 0 Å². The minimum atomic E-state index is -0.585. The summed E-state index contributed by atoms with van der Waals surface area (Å²) < 4.78 is 6.87. The van der Waals surface area contributed by atoms with Crippen LogP contribution in [0.4, 0.5) is 0 Å². The van der Waals surface area contributed by atoms with Gasteiger partial charge in [0.1, 0.15) is 11.9 Å². The van der Waals surface area contributed by atoms with Crippen LogP contribution in [-0.2, 0) is 5.41 Å². The number of hydrogen-bond donors (Lipinski definition) is 2. The maximum Gasteiger partial charge on any atom is 0.138 e. The van der Waals surface area contributed by atoms with Gasteiger partial charge >= 0.3 is 0 Å². The van der Waals surface area contributed by atoms with E-state index in [-0.39, 0.29) is 24.4 Å². The molecule has 1 fully saturated rings. The summed E-state index contributed by atoms with van der Waals surface area (Å²) in [5, 5.41) is 10.5. The first-order chi connectivity index (χ1) is 26.8. The molecule has 3 aliphatic rings. The second kappa shape index (κ2) is 12.4. The molecule has 0 bridgehead atoms. The lowest BCUT2D eigenvalue weighted by Crippen LogP contribution is -2.53. The van der Waals surface area contributed by atoms with Crippen molar-refractivity contribution in [1.29, 1.82) is 0 Å². The molecule has 1 saturated heterocycles. The van der Waals surface area contributed by atoms with Crippen LogP contribution in [0.15, 0.2) is 194 Å². The number of hydrogen-bond acceptors (Lipinski definition) is 3. The molecule has 2 aliphatic heterocycles. The molecule has 0 spiro atoms. The Morgan fingerprint density at radius 1 is 0.481 bits per heavy atom. The van der Waals surface area contributed by atoms with Crippen LogP contribution in [-0.4, -0.2) is 6.10 Å². The Hall–Kier alpha value is -6.26. The van der Waals surface area contributed by atoms with E-state index in [4.69, 9.17) is 4.74 Å². The van der Waals surface area contributed by atoms with Gasteiger partial charge in [0.05, 0.1) is 23.7 Å². The predicted molar refractivity (Wildman–Crippen MR) is 218 cm³/mol. The average Bonchev–Trinajstić information content (AvgIpc) is 3.78. The first kappa shape index (κ1) is 31.3. The second-order valence-corrected chi connectivity index (χ2v) is 14.8. The van der Waals surface area contributed by atoms with Crippen LogP contribution in [0, 0.1) is 0 Å². The van der Waals surface area contributed by atoms with Crippen LogP contribution in [0.1, 0.15) is 57.2 Å². The monoisotopic (exact) mass is 694 g/mol. The standard InChI is InChI=1S/C51H38N2O/c1-5-17-33(18-6-1)42-31-35-21-13-14-26-39(35)46-45(42)40-30-29-36(32-43(40)51(46,37-22-9-3-10-23-37)38-24-11-4-12-25-38)47-49-48(41-27-15-16-28-44(41)54-49)53-50(52-47)34-19-7-2-8-20-34/h1-32,47-50,52-53H. The summed E-state index contributed by atoms with van der Waals surface area (Å²) in [6, 6.07) is 71.0. The Morgan fingerprint density at radius 3 is 1.83 bits per heavy atom. The van der Waals surface area contributed by atoms with Crippen molar-refractivity contribution in [3.8, 4) is 28.0 Å². The average molecular weight is 695 g/mol. The van der Waals surface area contributed by atoms with Crippen molar-refractivity contribution >= 4 is 10.8 Å². The number of ether oxygens (including phenoxy) is 1. The number of rotatable bonds is 5. The summed E-state index contributed by atoms with van der Waals surface area (Å²) in [5.41, 5.74) is 13.2. The highest BCUT2D eigenvalue weighted by molar-refractivity contribution is 6.06. The fraction of sp³-hybridized carbons (Fsp3) is 0.0980. The van der Waals surface area contributed by atoms with Gasteiger partial charge in [-0.25, -0.2) is 0 Å². The lowest BCUT2D eigenvalue weighted by Gasteiger charge is -2.41. The van der Waals surface area contributed by atoms with E-state index in [1.807, 2.05) is 0 Å². The number of benzene rings is 8. The van der Waals surface area contributed by atoms with Crippen LogP contribution >= 0.6 is 0 Å². The zero-order valence-electron chi connectivity index (χ0n) is 29.7. The van der Waals surface area contributed by atoms with Crippen molar-refractivity contribution < 1.29 is 4.74 Å². The molecule has 8 aromatic rings. The van der Waals surface area contributed by atoms with Gasteiger partial charge in [0.2, 0.25) is 0 Å². The molecule has 2 heterocycles. The Labute approximate surface area is 315 Å². The van der Waals surface area contributed by atoms with Gasteiger partial charge in [-0.2, -0.15) is 0 Å². The Bertz CT molecular complexity index is 2620. The topological polar surface area (TPSA) is 33.3 Å². The Morgan fingerprint density at radius 2 is 1.09 bits per heavy atom. The molecule has 3 heteroatoms. The first-order valence-electron chi connectivity index (χ1n) is 19.0. The predicted octanol–water partition coefficient (Wildman–Crippen LogP) is 11.3. The zero-order chi connectivity index (χ0) is 35.6. The quantitative estimate of drug-likeness (QED) is 0.188. The van der Waals surface area contributed by atoms with Crippen LogP contribution in [0.5, 0.6) is 5.75 Å². The summed E-state index contributed by atoms with van der Waals surface area (Å²) >= 11 is 0. The SMILES string of the molecule is c1ccc(-c2cc3ccccc3c3c2-c2ccc(C4NC(c5ccccc5)NC5c6ccccc6OC45)cc2C3(c2ccccc2)c2ccccc2)cc1. The van der Waals surface area contributed by atoms with Crippen LogP contribution < -0.4 is 15.4 Å². The molecule has 1 aliphatic carbocycles. The smallest absolute Gasteiger partial charge is 0.138 e. The lowest BCUT2D eigenvalue weighted by atomic mass is 9.66. The van der Waals surface area contributed by atoms with Gasteiger partial charge in [-0.15, -0.1) is 0 Å². The van der Waals surface area contributed by atoms with Crippen LogP contribution in [0.25, 0.3) is 33.0 Å². The maximum atomic E-state index is 6.87. The Balaban J connectivity index is 1.21. The van der Waals surface area contributed by atoms with E-state index in [1.165, 1.54) is 72.0 Å². The normalized spacial score (nSPS) is 20.4. The summed E-state index contributed by atoms with van der Waals surface area (Å²) in [7, 11) is 0. The molecule has 0 amide bonds. The third-order valence-corrected chi connectivity index (χ3v) is 12.0. The Kier molecular flexibility index (Phi) is 7.19. The van der Waals surface area contributed by atoms with Crippen molar-refractivity contribution in [2.75, 3.05) is 0 Å². The minimum absolute atomic E-state index is 0.0322. The van der Waals surface area contributed by atoms with Gasteiger partial charge in [-0.1, -0.05) is 182 Å². The molecule has 0 aromatic heterocycles. The molecule has 258 valence electrons. The molecule has 2 N–H and O–H groups in total. The van der Waals surface area contributed by atoms with Gasteiger partial charge in [0.25, 0.3) is 0 Å². The largest absolute Gasteiger partial charge is 0.486 e. The maximum absolute atomic E-state index is 6.87. The number of fused-ring (bicyclic) bond motifs is 8. The molecule has 4 unspecified atom stereocenters. The molecule has 0 radical (unpaired) electrons. The molecule has 11 rings (SSSR count). The number of para-hydroxylation sites is 1. The summed E-state index contributed by atoms with van der Waals surface area (Å²) in [4.78, 5) is 0. The van der Waals surface area contributed by atoms with Crippen LogP contribution in [0.2, 0.25) is 0 Å². The van der Waals surface area contributed by atoms with E-state index in [2.05, 4.69) is 205 Å². The van der Waals surface area contributed by atoms with Gasteiger partial charge < -0.3 is 4.74 Å². The fourth-order valence-corrected chi connectivity index (χ4v) is 9.73. The molecule has 0 saturated carbocycles. The van der Waals surface area contributed by atoms with Gasteiger partial charge in [-0.05, 0) is 78.5 Å². The van der Waals surface area contributed by atoms with E-state index in [0.717, 1.165) is 5.75 Å². The van der Waals surface area contributed by atoms with E-state index in [0.29, 0.717) is 0 Å². The second-order valence-electron chi connectivity index (χ2n) is 14.8. The third-order valence-electron chi connectivity index (χ3n) is 12.0. The van der Waals surface area contributed by atoms with Gasteiger partial charge in [0.15, 0.2) is 0 Å².